The Labute approximate surface area is 233 Å². The number of anilines is 2. The fraction of sp³-hybridized carbons (Fsp3) is 0.441. The van der Waals surface area contributed by atoms with Crippen molar-refractivity contribution in [3.8, 4) is 0 Å². The number of benzene rings is 2. The molecule has 1 fully saturated rings. The number of carbonyl (C=O) groups excluding carboxylic acids is 1. The number of allylic oxidation sites excluding steroid dienone is 5. The maximum atomic E-state index is 10.7. The molecule has 1 saturated heterocycles. The molecule has 2 aromatic carbocycles. The number of hydrogen-bond acceptors (Lipinski definition) is 4. The van der Waals surface area contributed by atoms with Crippen LogP contribution in [0, 0.1) is 0 Å². The summed E-state index contributed by atoms with van der Waals surface area (Å²) in [7, 11) is 0. The highest BCUT2D eigenvalue weighted by molar-refractivity contribution is 8.01. The second kappa shape index (κ2) is 10.8. The molecular formula is C34H42N2OS. The Morgan fingerprint density at radius 2 is 1.61 bits per heavy atom. The van der Waals surface area contributed by atoms with Crippen LogP contribution in [-0.4, -0.2) is 30.0 Å². The number of para-hydroxylation sites is 2. The van der Waals surface area contributed by atoms with Gasteiger partial charge in [0.25, 0.3) is 0 Å². The van der Waals surface area contributed by atoms with E-state index in [1.165, 1.54) is 40.4 Å². The second-order valence-corrected chi connectivity index (χ2v) is 13.1. The quantitative estimate of drug-likeness (QED) is 0.187. The van der Waals surface area contributed by atoms with Crippen LogP contribution < -0.4 is 9.80 Å². The van der Waals surface area contributed by atoms with Gasteiger partial charge < -0.3 is 14.6 Å². The number of rotatable bonds is 9. The van der Waals surface area contributed by atoms with Gasteiger partial charge in [-0.25, -0.2) is 0 Å². The molecule has 0 radical (unpaired) electrons. The average molecular weight is 527 g/mol. The first-order chi connectivity index (χ1) is 18.3. The van der Waals surface area contributed by atoms with E-state index in [4.69, 9.17) is 0 Å². The zero-order valence-corrected chi connectivity index (χ0v) is 24.3. The number of fused-ring (bicyclic) bond motifs is 4. The van der Waals surface area contributed by atoms with Crippen molar-refractivity contribution in [1.82, 2.24) is 0 Å². The van der Waals surface area contributed by atoms with Gasteiger partial charge >= 0.3 is 0 Å². The zero-order valence-electron chi connectivity index (χ0n) is 23.5. The van der Waals surface area contributed by atoms with Crippen molar-refractivity contribution >= 4 is 29.4 Å². The van der Waals surface area contributed by atoms with E-state index in [0.29, 0.717) is 6.42 Å². The molecule has 2 aromatic rings. The highest BCUT2D eigenvalue weighted by atomic mass is 32.2. The lowest BCUT2D eigenvalue weighted by molar-refractivity contribution is -0.107. The molecule has 0 amide bonds. The highest BCUT2D eigenvalue weighted by Gasteiger charge is 2.56. The molecular weight excluding hydrogens is 484 g/mol. The Hall–Kier alpha value is -2.72. The van der Waals surface area contributed by atoms with Crippen LogP contribution in [-0.2, 0) is 15.6 Å². The molecule has 3 aliphatic heterocycles. The largest absolute Gasteiger partial charge is 0.352 e. The van der Waals surface area contributed by atoms with E-state index in [9.17, 15) is 4.79 Å². The van der Waals surface area contributed by atoms with Crippen LogP contribution in [0.5, 0.6) is 0 Å². The molecule has 3 aliphatic rings. The second-order valence-electron chi connectivity index (χ2n) is 11.8. The lowest BCUT2D eigenvalue weighted by atomic mass is 9.79. The smallest absolute Gasteiger partial charge is 0.119 e. The maximum absolute atomic E-state index is 10.7. The summed E-state index contributed by atoms with van der Waals surface area (Å²) in [6.07, 6.45) is 17.6. The van der Waals surface area contributed by atoms with Gasteiger partial charge in [-0.2, -0.15) is 0 Å². The fourth-order valence-electron chi connectivity index (χ4n) is 6.74. The molecule has 0 saturated carbocycles. The minimum atomic E-state index is -0.0527. The Morgan fingerprint density at radius 3 is 2.39 bits per heavy atom. The maximum Gasteiger partial charge on any atom is 0.119 e. The van der Waals surface area contributed by atoms with Crippen molar-refractivity contribution in [2.75, 3.05) is 28.6 Å². The van der Waals surface area contributed by atoms with Gasteiger partial charge in [0, 0.05) is 47.4 Å². The van der Waals surface area contributed by atoms with E-state index in [1.54, 1.807) is 0 Å². The van der Waals surface area contributed by atoms with Crippen LogP contribution >= 0.6 is 11.8 Å². The average Bonchev–Trinajstić information content (AvgIpc) is 3.26. The van der Waals surface area contributed by atoms with Gasteiger partial charge in [0.1, 0.15) is 11.2 Å². The molecule has 1 unspecified atom stereocenters. The monoisotopic (exact) mass is 526 g/mol. The van der Waals surface area contributed by atoms with Crippen molar-refractivity contribution < 1.29 is 4.79 Å². The lowest BCUT2D eigenvalue weighted by Gasteiger charge is -2.48. The molecule has 0 spiro atoms. The third-order valence-corrected chi connectivity index (χ3v) is 10.6. The number of thioether (sulfide) groups is 1. The van der Waals surface area contributed by atoms with E-state index in [2.05, 4.69) is 128 Å². The summed E-state index contributed by atoms with van der Waals surface area (Å²) in [5.74, 6) is 1.19. The number of carbonyl (C=O) groups is 1. The fourth-order valence-corrected chi connectivity index (χ4v) is 8.32. The van der Waals surface area contributed by atoms with Gasteiger partial charge in [0.05, 0.1) is 0 Å². The standard InChI is InChI=1S/C34H42N2OS/c1-32(2)27-17-9-11-19-29(27)35(23-14-5-6-15-25-37)31(32)21-8-7-13-22-34-33(3,4)28-18-10-12-20-30(28)36(34)24-16-26-38-34/h7-13,17-22,25H,5-6,14-16,23-24,26H2,1-4H3/b8-7+,22-13+,31-21+. The summed E-state index contributed by atoms with van der Waals surface area (Å²) < 4.78 is 0. The summed E-state index contributed by atoms with van der Waals surface area (Å²) in [4.78, 5) is 15.8. The topological polar surface area (TPSA) is 23.6 Å². The van der Waals surface area contributed by atoms with Crippen molar-refractivity contribution in [3.05, 3.63) is 95.7 Å². The molecule has 3 nitrogen and oxygen atoms in total. The molecule has 5 rings (SSSR count). The number of hydrogen-bond donors (Lipinski definition) is 0. The third-order valence-electron chi connectivity index (χ3n) is 8.81. The number of aldehydes is 1. The zero-order chi connectivity index (χ0) is 26.8. The molecule has 0 N–H and O–H groups in total. The first-order valence-corrected chi connectivity index (χ1v) is 15.2. The van der Waals surface area contributed by atoms with Crippen molar-refractivity contribution in [2.24, 2.45) is 0 Å². The van der Waals surface area contributed by atoms with Crippen molar-refractivity contribution in [2.45, 2.75) is 75.5 Å². The van der Waals surface area contributed by atoms with Crippen molar-refractivity contribution in [1.29, 1.82) is 0 Å². The highest BCUT2D eigenvalue weighted by Crippen LogP contribution is 2.59. The first kappa shape index (κ1) is 26.9. The normalized spacial score (nSPS) is 24.3. The molecule has 3 heterocycles. The molecule has 0 aliphatic carbocycles. The van der Waals surface area contributed by atoms with E-state index >= 15 is 0 Å². The number of unbranched alkanes of at least 4 members (excludes halogenated alkanes) is 3. The Bertz CT molecular complexity index is 1260. The third kappa shape index (κ3) is 4.45. The Kier molecular flexibility index (Phi) is 7.64. The molecule has 0 aromatic heterocycles. The summed E-state index contributed by atoms with van der Waals surface area (Å²) in [6.45, 7) is 11.6. The summed E-state index contributed by atoms with van der Waals surface area (Å²) in [5, 5.41) is 0. The predicted octanol–water partition coefficient (Wildman–Crippen LogP) is 8.17. The van der Waals surface area contributed by atoms with Crippen LogP contribution in [0.15, 0.2) is 84.6 Å². The van der Waals surface area contributed by atoms with Gasteiger partial charge in [-0.3, -0.25) is 0 Å². The van der Waals surface area contributed by atoms with Gasteiger partial charge in [0.15, 0.2) is 0 Å². The minimum absolute atomic E-state index is 0.0349. The summed E-state index contributed by atoms with van der Waals surface area (Å²) in [6, 6.07) is 17.8. The van der Waals surface area contributed by atoms with Crippen LogP contribution in [0.4, 0.5) is 11.4 Å². The predicted molar refractivity (Wildman–Crippen MR) is 164 cm³/mol. The summed E-state index contributed by atoms with van der Waals surface area (Å²) in [5.41, 5.74) is 6.90. The van der Waals surface area contributed by atoms with E-state index in [0.717, 1.165) is 38.6 Å². The lowest BCUT2D eigenvalue weighted by Crippen LogP contribution is -2.54. The minimum Gasteiger partial charge on any atom is -0.352 e. The van der Waals surface area contributed by atoms with E-state index in [1.807, 2.05) is 0 Å². The Balaban J connectivity index is 1.38. The SMILES string of the molecule is CC1(C)\C(=C/C=C/C=C/C23SCCCN2c2ccccc2C3(C)C)N(CCCCCC=O)c2ccccc21. The first-order valence-electron chi connectivity index (χ1n) is 14.2. The van der Waals surface area contributed by atoms with Gasteiger partial charge in [-0.15, -0.1) is 11.8 Å². The van der Waals surface area contributed by atoms with Gasteiger partial charge in [0.2, 0.25) is 0 Å². The molecule has 38 heavy (non-hydrogen) atoms. The van der Waals surface area contributed by atoms with E-state index in [-0.39, 0.29) is 15.7 Å². The van der Waals surface area contributed by atoms with Crippen molar-refractivity contribution in [3.63, 3.8) is 0 Å². The van der Waals surface area contributed by atoms with Crippen LogP contribution in [0.1, 0.15) is 70.9 Å². The Morgan fingerprint density at radius 1 is 0.868 bits per heavy atom. The van der Waals surface area contributed by atoms with E-state index < -0.39 is 0 Å². The molecule has 200 valence electrons. The molecule has 4 heteroatoms. The summed E-state index contributed by atoms with van der Waals surface area (Å²) >= 11 is 2.09. The molecule has 0 bridgehead atoms. The number of nitrogens with zero attached hydrogens (tertiary/aromatic N) is 2. The molecule has 1 atom stereocenters. The van der Waals surface area contributed by atoms with Crippen LogP contribution in [0.25, 0.3) is 0 Å². The van der Waals surface area contributed by atoms with Crippen LogP contribution in [0.2, 0.25) is 0 Å². The van der Waals surface area contributed by atoms with Gasteiger partial charge in [-0.05, 0) is 60.4 Å². The van der Waals surface area contributed by atoms with Gasteiger partial charge in [-0.1, -0.05) is 88.7 Å². The van der Waals surface area contributed by atoms with Crippen LogP contribution in [0.3, 0.4) is 0 Å².